The zero-order valence-corrected chi connectivity index (χ0v) is 17.7. The normalized spacial score (nSPS) is 11.4. The van der Waals surface area contributed by atoms with Crippen molar-refractivity contribution in [2.24, 2.45) is 0 Å². The quantitative estimate of drug-likeness (QED) is 0.247. The van der Waals surface area contributed by atoms with Crippen molar-refractivity contribution < 1.29 is 4.79 Å². The molecule has 148 valence electrons. The Hall–Kier alpha value is -2.87. The van der Waals surface area contributed by atoms with E-state index in [2.05, 4.69) is 67.8 Å². The molecule has 0 radical (unpaired) electrons. The van der Waals surface area contributed by atoms with Gasteiger partial charge in [0.1, 0.15) is 0 Å². The summed E-state index contributed by atoms with van der Waals surface area (Å²) in [6.07, 6.45) is 4.50. The summed E-state index contributed by atoms with van der Waals surface area (Å²) in [5, 5.41) is 3.24. The molecule has 0 spiro atoms. The molecule has 2 nitrogen and oxygen atoms in total. The van der Waals surface area contributed by atoms with Gasteiger partial charge >= 0.3 is 0 Å². The van der Waals surface area contributed by atoms with E-state index >= 15 is 0 Å². The fourth-order valence-electron chi connectivity index (χ4n) is 4.40. The molecule has 0 aliphatic heterocycles. The van der Waals surface area contributed by atoms with Crippen LogP contribution in [0.1, 0.15) is 60.3 Å². The van der Waals surface area contributed by atoms with Crippen LogP contribution in [0.15, 0.2) is 60.7 Å². The number of rotatable bonds is 7. The molecule has 29 heavy (non-hydrogen) atoms. The maximum Gasteiger partial charge on any atom is 0.196 e. The smallest absolute Gasteiger partial charge is 0.196 e. The maximum absolute atomic E-state index is 13.8. The number of nitrogens with zero attached hydrogens (tertiary/aromatic N) is 1. The Balaban J connectivity index is 1.88. The van der Waals surface area contributed by atoms with Crippen LogP contribution in [0.2, 0.25) is 0 Å². The molecular formula is C27H29NO. The number of benzene rings is 3. The van der Waals surface area contributed by atoms with Gasteiger partial charge in [-0.25, -0.2) is 0 Å². The number of para-hydroxylation sites is 1. The van der Waals surface area contributed by atoms with Gasteiger partial charge in [0.15, 0.2) is 5.78 Å². The first kappa shape index (κ1) is 19.4. The Morgan fingerprint density at radius 3 is 2.52 bits per heavy atom. The third-order valence-electron chi connectivity index (χ3n) is 6.04. The summed E-state index contributed by atoms with van der Waals surface area (Å²) in [6, 6.07) is 20.9. The monoisotopic (exact) mass is 383 g/mol. The van der Waals surface area contributed by atoms with E-state index in [4.69, 9.17) is 0 Å². The molecule has 2 heteroatoms. The van der Waals surface area contributed by atoms with Crippen LogP contribution < -0.4 is 0 Å². The van der Waals surface area contributed by atoms with Gasteiger partial charge in [-0.3, -0.25) is 4.79 Å². The number of hydrogen-bond donors (Lipinski definition) is 0. The van der Waals surface area contributed by atoms with Crippen LogP contribution >= 0.6 is 0 Å². The van der Waals surface area contributed by atoms with Crippen LogP contribution in [0.3, 0.4) is 0 Å². The number of carbonyl (C=O) groups is 1. The van der Waals surface area contributed by atoms with Gasteiger partial charge in [0, 0.05) is 28.7 Å². The molecule has 0 saturated heterocycles. The summed E-state index contributed by atoms with van der Waals surface area (Å²) in [5.74, 6) is 0.131. The minimum Gasteiger partial charge on any atom is -0.344 e. The number of unbranched alkanes of at least 4 members (excludes halogenated alkanes) is 2. The van der Waals surface area contributed by atoms with E-state index in [1.165, 1.54) is 23.9 Å². The number of aryl methyl sites for hydroxylation is 2. The van der Waals surface area contributed by atoms with Crippen molar-refractivity contribution in [1.82, 2.24) is 4.57 Å². The summed E-state index contributed by atoms with van der Waals surface area (Å²) in [7, 11) is 0. The topological polar surface area (TPSA) is 22.0 Å². The predicted molar refractivity (Wildman–Crippen MR) is 123 cm³/mol. The Bertz CT molecular complexity index is 1180. The second-order valence-electron chi connectivity index (χ2n) is 7.88. The predicted octanol–water partition coefficient (Wildman–Crippen LogP) is 7.09. The van der Waals surface area contributed by atoms with Crippen LogP contribution in [0, 0.1) is 6.92 Å². The van der Waals surface area contributed by atoms with E-state index in [-0.39, 0.29) is 5.78 Å². The second-order valence-corrected chi connectivity index (χ2v) is 7.88. The SMILES string of the molecule is CCCCCn1c(C)c(C(=O)c2cccc3ccc(CC)cc23)c2ccccc21. The number of carbonyl (C=O) groups excluding carboxylic acids is 1. The zero-order chi connectivity index (χ0) is 20.4. The van der Waals surface area contributed by atoms with Crippen molar-refractivity contribution in [3.63, 3.8) is 0 Å². The lowest BCUT2D eigenvalue weighted by Crippen LogP contribution is -2.06. The molecule has 0 fully saturated rings. The fraction of sp³-hybridized carbons (Fsp3) is 0.296. The highest BCUT2D eigenvalue weighted by atomic mass is 16.1. The molecule has 0 amide bonds. The summed E-state index contributed by atoms with van der Waals surface area (Å²) in [5.41, 5.74) is 5.16. The number of fused-ring (bicyclic) bond motifs is 2. The molecule has 0 unspecified atom stereocenters. The molecule has 4 rings (SSSR count). The van der Waals surface area contributed by atoms with E-state index < -0.39 is 0 Å². The molecule has 0 atom stereocenters. The average Bonchev–Trinajstić information content (AvgIpc) is 3.04. The van der Waals surface area contributed by atoms with Crippen LogP contribution in [0.5, 0.6) is 0 Å². The average molecular weight is 384 g/mol. The Morgan fingerprint density at radius 2 is 1.72 bits per heavy atom. The molecule has 0 saturated carbocycles. The highest BCUT2D eigenvalue weighted by Gasteiger charge is 2.22. The van der Waals surface area contributed by atoms with Crippen molar-refractivity contribution in [1.29, 1.82) is 0 Å². The lowest BCUT2D eigenvalue weighted by atomic mass is 9.94. The summed E-state index contributed by atoms with van der Waals surface area (Å²) in [6.45, 7) is 7.44. The van der Waals surface area contributed by atoms with E-state index in [0.717, 1.165) is 52.4 Å². The second kappa shape index (κ2) is 8.24. The minimum atomic E-state index is 0.131. The fourth-order valence-corrected chi connectivity index (χ4v) is 4.40. The van der Waals surface area contributed by atoms with Gasteiger partial charge in [0.05, 0.1) is 5.56 Å². The molecule has 1 aromatic heterocycles. The minimum absolute atomic E-state index is 0.131. The van der Waals surface area contributed by atoms with Crippen LogP contribution in [0.4, 0.5) is 0 Å². The Labute approximate surface area is 173 Å². The molecule has 0 bridgehead atoms. The summed E-state index contributed by atoms with van der Waals surface area (Å²) < 4.78 is 2.33. The molecule has 3 aromatic carbocycles. The highest BCUT2D eigenvalue weighted by Crippen LogP contribution is 2.31. The first-order valence-electron chi connectivity index (χ1n) is 10.8. The number of ketones is 1. The van der Waals surface area contributed by atoms with E-state index in [1.54, 1.807) is 0 Å². The molecule has 0 aliphatic carbocycles. The molecule has 0 N–H and O–H groups in total. The Morgan fingerprint density at radius 1 is 0.897 bits per heavy atom. The molecule has 4 aromatic rings. The summed E-state index contributed by atoms with van der Waals surface area (Å²) in [4.78, 5) is 13.8. The van der Waals surface area contributed by atoms with Crippen molar-refractivity contribution in [2.75, 3.05) is 0 Å². The third kappa shape index (κ3) is 3.48. The first-order valence-corrected chi connectivity index (χ1v) is 10.8. The lowest BCUT2D eigenvalue weighted by molar-refractivity contribution is 0.104. The highest BCUT2D eigenvalue weighted by molar-refractivity contribution is 6.22. The van der Waals surface area contributed by atoms with Crippen LogP contribution in [-0.4, -0.2) is 10.4 Å². The molecule has 1 heterocycles. The van der Waals surface area contributed by atoms with Gasteiger partial charge in [-0.05, 0) is 42.2 Å². The van der Waals surface area contributed by atoms with Gasteiger partial charge in [-0.1, -0.05) is 81.3 Å². The zero-order valence-electron chi connectivity index (χ0n) is 17.7. The van der Waals surface area contributed by atoms with Crippen molar-refractivity contribution in [3.8, 4) is 0 Å². The van der Waals surface area contributed by atoms with E-state index in [1.807, 2.05) is 18.2 Å². The molecule has 0 aliphatic rings. The van der Waals surface area contributed by atoms with Gasteiger partial charge in [-0.15, -0.1) is 0 Å². The van der Waals surface area contributed by atoms with Gasteiger partial charge in [-0.2, -0.15) is 0 Å². The maximum atomic E-state index is 13.8. The third-order valence-corrected chi connectivity index (χ3v) is 6.04. The van der Waals surface area contributed by atoms with Gasteiger partial charge in [0.25, 0.3) is 0 Å². The number of hydrogen-bond acceptors (Lipinski definition) is 1. The van der Waals surface area contributed by atoms with Gasteiger partial charge < -0.3 is 4.57 Å². The van der Waals surface area contributed by atoms with Crippen molar-refractivity contribution >= 4 is 27.5 Å². The van der Waals surface area contributed by atoms with Crippen molar-refractivity contribution in [3.05, 3.63) is 83.0 Å². The van der Waals surface area contributed by atoms with E-state index in [9.17, 15) is 4.79 Å². The molecular weight excluding hydrogens is 354 g/mol. The lowest BCUT2D eigenvalue weighted by Gasteiger charge is -2.10. The van der Waals surface area contributed by atoms with Crippen molar-refractivity contribution in [2.45, 2.75) is 53.0 Å². The first-order chi connectivity index (χ1) is 14.2. The van der Waals surface area contributed by atoms with Crippen LogP contribution in [0.25, 0.3) is 21.7 Å². The Kier molecular flexibility index (Phi) is 5.53. The summed E-state index contributed by atoms with van der Waals surface area (Å²) >= 11 is 0. The number of aromatic nitrogens is 1. The standard InChI is InChI=1S/C27H29NO/c1-4-6-9-17-28-19(3)26(23-12-7-8-14-25(23)28)27(29)22-13-10-11-21-16-15-20(5-2)18-24(21)22/h7-8,10-16,18H,4-6,9,17H2,1-3H3. The van der Waals surface area contributed by atoms with Crippen LogP contribution in [-0.2, 0) is 13.0 Å². The van der Waals surface area contributed by atoms with E-state index in [0.29, 0.717) is 0 Å². The van der Waals surface area contributed by atoms with Gasteiger partial charge in [0.2, 0.25) is 0 Å². The largest absolute Gasteiger partial charge is 0.344 e.